The molecule has 0 unspecified atom stereocenters. The first kappa shape index (κ1) is 20.3. The number of anilines is 1. The number of fused-ring (bicyclic) bond motifs is 1. The van der Waals surface area contributed by atoms with Crippen molar-refractivity contribution in [2.75, 3.05) is 12.3 Å². The highest BCUT2D eigenvalue weighted by Crippen LogP contribution is 2.23. The summed E-state index contributed by atoms with van der Waals surface area (Å²) in [5.41, 5.74) is 5.45. The molecule has 2 heterocycles. The fraction of sp³-hybridized carbons (Fsp3) is 0.316. The van der Waals surface area contributed by atoms with Gasteiger partial charge in [-0.1, -0.05) is 26.0 Å². The monoisotopic (exact) mass is 374 g/mol. The molecule has 144 valence electrons. The van der Waals surface area contributed by atoms with E-state index in [1.165, 1.54) is 42.1 Å². The number of aromatic nitrogens is 3. The number of hydrogen-bond donors (Lipinski definition) is 2. The van der Waals surface area contributed by atoms with Gasteiger partial charge in [0.25, 0.3) is 5.56 Å². The van der Waals surface area contributed by atoms with E-state index in [1.807, 2.05) is 0 Å². The maximum atomic E-state index is 13.6. The summed E-state index contributed by atoms with van der Waals surface area (Å²) >= 11 is 0. The Balaban J connectivity index is 0.000000380. The van der Waals surface area contributed by atoms with Crippen LogP contribution in [-0.4, -0.2) is 26.2 Å². The van der Waals surface area contributed by atoms with Crippen molar-refractivity contribution in [2.45, 2.75) is 20.3 Å². The van der Waals surface area contributed by atoms with Crippen molar-refractivity contribution in [1.82, 2.24) is 14.5 Å². The maximum absolute atomic E-state index is 13.6. The van der Waals surface area contributed by atoms with Gasteiger partial charge in [0.15, 0.2) is 17.3 Å². The quantitative estimate of drug-likeness (QED) is 0.728. The van der Waals surface area contributed by atoms with E-state index in [0.29, 0.717) is 23.6 Å². The minimum atomic E-state index is -0.548. The molecule has 0 fully saturated rings. The average molecular weight is 374 g/mol. The Morgan fingerprint density at radius 2 is 2.00 bits per heavy atom. The fourth-order valence-corrected chi connectivity index (χ4v) is 2.21. The number of aliphatic hydroxyl groups excluding tert-OH is 1. The van der Waals surface area contributed by atoms with Crippen LogP contribution in [-0.2, 0) is 7.05 Å². The van der Waals surface area contributed by atoms with E-state index in [4.69, 9.17) is 15.6 Å². The van der Waals surface area contributed by atoms with Gasteiger partial charge in [-0.3, -0.25) is 9.36 Å². The molecule has 0 saturated heterocycles. The Bertz CT molecular complexity index is 973. The van der Waals surface area contributed by atoms with Crippen LogP contribution in [0.15, 0.2) is 41.3 Å². The van der Waals surface area contributed by atoms with E-state index in [2.05, 4.69) is 23.8 Å². The zero-order chi connectivity index (χ0) is 20.0. The van der Waals surface area contributed by atoms with E-state index >= 15 is 0 Å². The summed E-state index contributed by atoms with van der Waals surface area (Å²) in [7, 11) is 1.53. The second-order valence-electron chi connectivity index (χ2n) is 6.32. The molecule has 3 N–H and O–H groups in total. The number of rotatable bonds is 4. The van der Waals surface area contributed by atoms with Crippen molar-refractivity contribution >= 4 is 17.0 Å². The van der Waals surface area contributed by atoms with Gasteiger partial charge in [0.2, 0.25) is 5.95 Å². The summed E-state index contributed by atoms with van der Waals surface area (Å²) in [4.78, 5) is 20.1. The Labute approximate surface area is 156 Å². The Kier molecular flexibility index (Phi) is 6.84. The highest BCUT2D eigenvalue weighted by molar-refractivity contribution is 5.76. The zero-order valence-electron chi connectivity index (χ0n) is 15.5. The third-order valence-electron chi connectivity index (χ3n) is 3.70. The van der Waals surface area contributed by atoms with Crippen LogP contribution >= 0.6 is 0 Å². The molecular formula is C19H23FN4O3. The third kappa shape index (κ3) is 5.24. The van der Waals surface area contributed by atoms with E-state index in [-0.39, 0.29) is 17.4 Å². The van der Waals surface area contributed by atoms with Crippen LogP contribution in [0.3, 0.4) is 0 Å². The molecule has 3 rings (SSSR count). The summed E-state index contributed by atoms with van der Waals surface area (Å²) in [5, 5.41) is 8.80. The summed E-state index contributed by atoms with van der Waals surface area (Å²) in [6.07, 6.45) is 2.41. The molecule has 8 heteroatoms. The molecule has 0 aliphatic rings. The highest BCUT2D eigenvalue weighted by atomic mass is 19.1. The standard InChI is InChI=1S/C14H11FN4O2.C5H12O/c1-19-12-8(7-17-14(16)18-12)6-11(13(19)20)21-10-5-3-2-4-9(10)15;1-5(2)3-4-6/h2-7H,1H3,(H2,16,17,18);5-6H,3-4H2,1-2H3. The lowest BCUT2D eigenvalue weighted by Crippen LogP contribution is -2.19. The van der Waals surface area contributed by atoms with Gasteiger partial charge in [-0.25, -0.2) is 9.37 Å². The number of hydrogen-bond acceptors (Lipinski definition) is 6. The molecule has 27 heavy (non-hydrogen) atoms. The number of aliphatic hydroxyl groups is 1. The van der Waals surface area contributed by atoms with Crippen molar-refractivity contribution in [3.05, 3.63) is 52.7 Å². The van der Waals surface area contributed by atoms with E-state index in [1.54, 1.807) is 6.07 Å². The number of aryl methyl sites for hydroxylation is 1. The molecule has 0 bridgehead atoms. The van der Waals surface area contributed by atoms with E-state index < -0.39 is 11.4 Å². The van der Waals surface area contributed by atoms with Crippen molar-refractivity contribution in [3.8, 4) is 11.5 Å². The first-order valence-electron chi connectivity index (χ1n) is 8.49. The number of nitrogens with zero attached hydrogens (tertiary/aromatic N) is 3. The predicted molar refractivity (Wildman–Crippen MR) is 102 cm³/mol. The van der Waals surface area contributed by atoms with Crippen LogP contribution in [0, 0.1) is 11.7 Å². The second kappa shape index (κ2) is 9.09. The average Bonchev–Trinajstić information content (AvgIpc) is 2.62. The van der Waals surface area contributed by atoms with Crippen LogP contribution in [0.25, 0.3) is 11.0 Å². The second-order valence-corrected chi connectivity index (χ2v) is 6.32. The van der Waals surface area contributed by atoms with E-state index in [9.17, 15) is 9.18 Å². The molecule has 0 aliphatic heterocycles. The summed E-state index contributed by atoms with van der Waals surface area (Å²) < 4.78 is 20.2. The highest BCUT2D eigenvalue weighted by Gasteiger charge is 2.12. The molecule has 7 nitrogen and oxygen atoms in total. The van der Waals surface area contributed by atoms with Crippen LogP contribution in [0.4, 0.5) is 10.3 Å². The largest absolute Gasteiger partial charge is 0.448 e. The molecule has 0 radical (unpaired) electrons. The smallest absolute Gasteiger partial charge is 0.294 e. The molecule has 0 atom stereocenters. The maximum Gasteiger partial charge on any atom is 0.294 e. The first-order valence-corrected chi connectivity index (χ1v) is 8.49. The lowest BCUT2D eigenvalue weighted by Gasteiger charge is -2.09. The van der Waals surface area contributed by atoms with Gasteiger partial charge >= 0.3 is 0 Å². The lowest BCUT2D eigenvalue weighted by molar-refractivity contribution is 0.268. The Hall–Kier alpha value is -3.00. The zero-order valence-corrected chi connectivity index (χ0v) is 15.5. The van der Waals surface area contributed by atoms with Gasteiger partial charge in [0.1, 0.15) is 5.65 Å². The van der Waals surface area contributed by atoms with Crippen molar-refractivity contribution in [1.29, 1.82) is 0 Å². The van der Waals surface area contributed by atoms with Crippen LogP contribution < -0.4 is 16.0 Å². The van der Waals surface area contributed by atoms with Crippen LogP contribution in [0.5, 0.6) is 11.5 Å². The fourth-order valence-electron chi connectivity index (χ4n) is 2.21. The number of pyridine rings is 1. The number of ether oxygens (including phenoxy) is 1. The normalized spacial score (nSPS) is 10.6. The number of nitrogens with two attached hydrogens (primary N) is 1. The molecule has 0 saturated carbocycles. The molecule has 0 amide bonds. The van der Waals surface area contributed by atoms with Gasteiger partial charge in [0.05, 0.1) is 0 Å². The topological polar surface area (TPSA) is 103 Å². The molecular weight excluding hydrogens is 351 g/mol. The van der Waals surface area contributed by atoms with Crippen molar-refractivity contribution in [2.24, 2.45) is 13.0 Å². The molecule has 0 aliphatic carbocycles. The van der Waals surface area contributed by atoms with Gasteiger partial charge in [-0.15, -0.1) is 0 Å². The predicted octanol–water partition coefficient (Wildman–Crippen LogP) is 2.87. The van der Waals surface area contributed by atoms with Gasteiger partial charge in [-0.05, 0) is 30.5 Å². The molecule has 2 aromatic heterocycles. The molecule has 3 aromatic rings. The molecule has 1 aromatic carbocycles. The Morgan fingerprint density at radius 1 is 1.30 bits per heavy atom. The van der Waals surface area contributed by atoms with Gasteiger partial charge < -0.3 is 15.6 Å². The number of benzene rings is 1. The number of halogens is 1. The van der Waals surface area contributed by atoms with E-state index in [0.717, 1.165) is 6.42 Å². The SMILES string of the molecule is CC(C)CCO.Cn1c(=O)c(Oc2ccccc2F)cc2cnc(N)nc21. The first-order chi connectivity index (χ1) is 12.8. The van der Waals surface area contributed by atoms with Gasteiger partial charge in [-0.2, -0.15) is 4.98 Å². The number of para-hydroxylation sites is 1. The summed E-state index contributed by atoms with van der Waals surface area (Å²) in [6, 6.07) is 7.32. The Morgan fingerprint density at radius 3 is 2.59 bits per heavy atom. The van der Waals surface area contributed by atoms with Gasteiger partial charge in [0, 0.05) is 25.2 Å². The molecule has 0 spiro atoms. The van der Waals surface area contributed by atoms with Crippen molar-refractivity contribution < 1.29 is 14.2 Å². The minimum Gasteiger partial charge on any atom is -0.448 e. The van der Waals surface area contributed by atoms with Crippen LogP contribution in [0.1, 0.15) is 20.3 Å². The van der Waals surface area contributed by atoms with Crippen LogP contribution in [0.2, 0.25) is 0 Å². The number of nitrogen functional groups attached to an aromatic ring is 1. The van der Waals surface area contributed by atoms with Crippen molar-refractivity contribution in [3.63, 3.8) is 0 Å². The lowest BCUT2D eigenvalue weighted by atomic mass is 10.2. The summed E-state index contributed by atoms with van der Waals surface area (Å²) in [6.45, 7) is 4.52. The summed E-state index contributed by atoms with van der Waals surface area (Å²) in [5.74, 6) is 0.136. The minimum absolute atomic E-state index is 0.0107. The third-order valence-corrected chi connectivity index (χ3v) is 3.70.